The zero-order chi connectivity index (χ0) is 19.7. The molecule has 2 aliphatic rings. The second kappa shape index (κ2) is 7.99. The van der Waals surface area contributed by atoms with Gasteiger partial charge in [-0.3, -0.25) is 4.90 Å². The molecule has 1 aromatic rings. The van der Waals surface area contributed by atoms with Crippen molar-refractivity contribution in [3.8, 4) is 0 Å². The predicted molar refractivity (Wildman–Crippen MR) is 118 cm³/mol. The predicted octanol–water partition coefficient (Wildman–Crippen LogP) is 6.82. The molecule has 0 aromatic heterocycles. The fourth-order valence-electron chi connectivity index (χ4n) is 5.27. The summed E-state index contributed by atoms with van der Waals surface area (Å²) in [4.78, 5) is 2.67. The van der Waals surface area contributed by atoms with E-state index in [1.54, 1.807) is 0 Å². The summed E-state index contributed by atoms with van der Waals surface area (Å²) in [5, 5.41) is 3.59. The number of likely N-dealkylation sites (tertiary alicyclic amines) is 1. The quantitative estimate of drug-likeness (QED) is 0.613. The number of nitrogens with zero attached hydrogens (tertiary/aromatic N) is 1. The maximum atomic E-state index is 4.25. The van der Waals surface area contributed by atoms with E-state index in [1.165, 1.54) is 74.0 Å². The number of piperidine rings is 1. The van der Waals surface area contributed by atoms with Crippen LogP contribution in [-0.2, 0) is 6.54 Å². The Kier molecular flexibility index (Phi) is 6.05. The normalized spacial score (nSPS) is 20.2. The minimum absolute atomic E-state index is 0.261. The van der Waals surface area contributed by atoms with Crippen LogP contribution in [-0.4, -0.2) is 18.0 Å². The molecule has 0 radical (unpaired) electrons. The van der Waals surface area contributed by atoms with E-state index in [-0.39, 0.29) is 5.41 Å². The maximum Gasteiger partial charge on any atom is 0.0441 e. The van der Waals surface area contributed by atoms with Gasteiger partial charge in [0.15, 0.2) is 0 Å². The molecule has 2 nitrogen and oxygen atoms in total. The first-order valence-corrected chi connectivity index (χ1v) is 10.9. The molecule has 27 heavy (non-hydrogen) atoms. The summed E-state index contributed by atoms with van der Waals surface area (Å²) in [5.74, 6) is 0. The highest BCUT2D eigenvalue weighted by atomic mass is 15.1. The van der Waals surface area contributed by atoms with E-state index in [0.29, 0.717) is 5.41 Å². The van der Waals surface area contributed by atoms with Crippen LogP contribution in [0.3, 0.4) is 0 Å². The van der Waals surface area contributed by atoms with Crippen LogP contribution in [0.15, 0.2) is 24.4 Å². The first-order valence-electron chi connectivity index (χ1n) is 10.9. The Morgan fingerprint density at radius 2 is 1.59 bits per heavy atom. The molecule has 0 bridgehead atoms. The summed E-state index contributed by atoms with van der Waals surface area (Å²) in [6, 6.07) is 4.75. The van der Waals surface area contributed by atoms with Gasteiger partial charge < -0.3 is 5.32 Å². The van der Waals surface area contributed by atoms with Crippen LogP contribution in [0.25, 0.3) is 0 Å². The Balaban J connectivity index is 1.60. The van der Waals surface area contributed by atoms with Gasteiger partial charge in [-0.05, 0) is 86.6 Å². The molecule has 1 aliphatic heterocycles. The number of nitrogens with one attached hydrogen (secondary N) is 1. The van der Waals surface area contributed by atoms with Crippen molar-refractivity contribution >= 4 is 5.69 Å². The van der Waals surface area contributed by atoms with Crippen LogP contribution in [0.2, 0.25) is 0 Å². The third-order valence-corrected chi connectivity index (χ3v) is 6.63. The van der Waals surface area contributed by atoms with Gasteiger partial charge in [-0.2, -0.15) is 0 Å². The molecule has 1 N–H and O–H groups in total. The Morgan fingerprint density at radius 1 is 1.04 bits per heavy atom. The van der Waals surface area contributed by atoms with Crippen molar-refractivity contribution < 1.29 is 0 Å². The number of hydrogen-bond donors (Lipinski definition) is 1. The fourth-order valence-corrected chi connectivity index (χ4v) is 5.27. The van der Waals surface area contributed by atoms with Crippen molar-refractivity contribution in [3.05, 3.63) is 41.1 Å². The average molecular weight is 369 g/mol. The lowest BCUT2D eigenvalue weighted by Gasteiger charge is -2.39. The van der Waals surface area contributed by atoms with E-state index in [0.717, 1.165) is 18.7 Å². The van der Waals surface area contributed by atoms with E-state index in [1.807, 2.05) is 0 Å². The Morgan fingerprint density at radius 3 is 2.11 bits per heavy atom. The monoisotopic (exact) mass is 368 g/mol. The summed E-state index contributed by atoms with van der Waals surface area (Å²) in [7, 11) is 0. The molecule has 1 spiro atoms. The third kappa shape index (κ3) is 5.38. The minimum Gasteiger partial charge on any atom is -0.359 e. The molecule has 150 valence electrons. The number of rotatable bonds is 5. The van der Waals surface area contributed by atoms with Gasteiger partial charge in [0.05, 0.1) is 0 Å². The molecule has 1 aromatic carbocycles. The lowest BCUT2D eigenvalue weighted by molar-refractivity contribution is 0.103. The molecule has 0 atom stereocenters. The van der Waals surface area contributed by atoms with Crippen LogP contribution in [0, 0.1) is 24.7 Å². The molecular weight excluding hydrogens is 328 g/mol. The highest BCUT2D eigenvalue weighted by molar-refractivity contribution is 5.61. The number of aryl methyl sites for hydroxylation is 2. The third-order valence-electron chi connectivity index (χ3n) is 6.63. The van der Waals surface area contributed by atoms with Crippen LogP contribution in [0.5, 0.6) is 0 Å². The van der Waals surface area contributed by atoms with E-state index in [9.17, 15) is 0 Å². The Hall–Kier alpha value is -1.28. The molecular formula is C25H40N2. The summed E-state index contributed by atoms with van der Waals surface area (Å²) in [5.41, 5.74) is 7.46. The van der Waals surface area contributed by atoms with Crippen molar-refractivity contribution in [2.75, 3.05) is 18.4 Å². The molecule has 2 fully saturated rings. The van der Waals surface area contributed by atoms with Gasteiger partial charge in [-0.25, -0.2) is 0 Å². The topological polar surface area (TPSA) is 15.3 Å². The molecule has 3 rings (SSSR count). The smallest absolute Gasteiger partial charge is 0.0441 e. The van der Waals surface area contributed by atoms with E-state index in [2.05, 4.69) is 63.5 Å². The highest BCUT2D eigenvalue weighted by Gasteiger charge is 2.36. The van der Waals surface area contributed by atoms with Crippen LogP contribution in [0.4, 0.5) is 5.69 Å². The minimum atomic E-state index is 0.261. The van der Waals surface area contributed by atoms with Gasteiger partial charge in [-0.15, -0.1) is 0 Å². The second-order valence-electron chi connectivity index (χ2n) is 10.6. The molecule has 1 saturated carbocycles. The maximum absolute atomic E-state index is 4.25. The largest absolute Gasteiger partial charge is 0.359 e. The zero-order valence-corrected chi connectivity index (χ0v) is 18.4. The Bertz CT molecular complexity index is 641. The van der Waals surface area contributed by atoms with Crippen molar-refractivity contribution in [1.29, 1.82) is 0 Å². The lowest BCUT2D eigenvalue weighted by atomic mass is 9.77. The molecule has 1 saturated heterocycles. The van der Waals surface area contributed by atoms with Crippen molar-refractivity contribution in [2.24, 2.45) is 10.8 Å². The van der Waals surface area contributed by atoms with Gasteiger partial charge in [0, 0.05) is 17.9 Å². The van der Waals surface area contributed by atoms with Gasteiger partial charge in [0.25, 0.3) is 0 Å². The van der Waals surface area contributed by atoms with Gasteiger partial charge in [0.2, 0.25) is 0 Å². The average Bonchev–Trinajstić information content (AvgIpc) is 3.00. The zero-order valence-electron chi connectivity index (χ0n) is 18.4. The first kappa shape index (κ1) is 20.5. The number of benzene rings is 1. The van der Waals surface area contributed by atoms with Crippen molar-refractivity contribution in [2.45, 2.75) is 86.1 Å². The van der Waals surface area contributed by atoms with E-state index in [4.69, 9.17) is 0 Å². The SMILES string of the molecule is C=C(CC(C)(C)C)Nc1c(C)cc(CN2CCC3(CCCC3)CC2)cc1C. The second-order valence-corrected chi connectivity index (χ2v) is 10.6. The Labute approximate surface area is 167 Å². The van der Waals surface area contributed by atoms with Crippen LogP contribution >= 0.6 is 0 Å². The number of hydrogen-bond acceptors (Lipinski definition) is 2. The molecule has 1 heterocycles. The van der Waals surface area contributed by atoms with E-state index >= 15 is 0 Å². The molecule has 1 aliphatic carbocycles. The molecule has 2 heteroatoms. The van der Waals surface area contributed by atoms with Gasteiger partial charge >= 0.3 is 0 Å². The fraction of sp³-hybridized carbons (Fsp3) is 0.680. The number of allylic oxidation sites excluding steroid dienone is 1. The standard InChI is InChI=1S/C25H40N2/c1-19-15-22(16-20(2)23(19)26-21(3)17-24(4,5)6)18-27-13-11-25(12-14-27)9-7-8-10-25/h15-16,26H,3,7-14,17-18H2,1-2,4-6H3. The summed E-state index contributed by atoms with van der Waals surface area (Å²) < 4.78 is 0. The van der Waals surface area contributed by atoms with Gasteiger partial charge in [0.1, 0.15) is 0 Å². The summed E-state index contributed by atoms with van der Waals surface area (Å²) >= 11 is 0. The lowest BCUT2D eigenvalue weighted by Crippen LogP contribution is -2.38. The summed E-state index contributed by atoms with van der Waals surface area (Å²) in [6.07, 6.45) is 9.72. The first-order chi connectivity index (χ1) is 12.7. The van der Waals surface area contributed by atoms with Crippen LogP contribution in [0.1, 0.15) is 82.4 Å². The van der Waals surface area contributed by atoms with Gasteiger partial charge in [-0.1, -0.05) is 52.3 Å². The van der Waals surface area contributed by atoms with Crippen LogP contribution < -0.4 is 5.32 Å². The van der Waals surface area contributed by atoms with Crippen molar-refractivity contribution in [1.82, 2.24) is 4.90 Å². The number of anilines is 1. The molecule has 0 unspecified atom stereocenters. The highest BCUT2D eigenvalue weighted by Crippen LogP contribution is 2.46. The molecule has 0 amide bonds. The summed E-state index contributed by atoms with van der Waals surface area (Å²) in [6.45, 7) is 19.1. The van der Waals surface area contributed by atoms with Crippen molar-refractivity contribution in [3.63, 3.8) is 0 Å². The van der Waals surface area contributed by atoms with E-state index < -0.39 is 0 Å².